The van der Waals surface area contributed by atoms with E-state index in [1.807, 2.05) is 19.1 Å². The second-order valence-electron chi connectivity index (χ2n) is 6.34. The van der Waals surface area contributed by atoms with Gasteiger partial charge in [-0.1, -0.05) is 27.7 Å². The smallest absolute Gasteiger partial charge is 0.172 e. The van der Waals surface area contributed by atoms with Gasteiger partial charge in [-0.05, 0) is 52.4 Å². The van der Waals surface area contributed by atoms with Gasteiger partial charge in [0.25, 0.3) is 0 Å². The maximum atomic E-state index is 9.99. The van der Waals surface area contributed by atoms with E-state index in [1.54, 1.807) is 0 Å². The highest BCUT2D eigenvalue weighted by atomic mass is 79.9. The number of halogens is 1. The third-order valence-electron chi connectivity index (χ3n) is 3.04. The van der Waals surface area contributed by atoms with Gasteiger partial charge in [-0.3, -0.25) is 4.90 Å². The van der Waals surface area contributed by atoms with Crippen molar-refractivity contribution in [3.63, 3.8) is 0 Å². The largest absolute Gasteiger partial charge is 0.503 e. The average Bonchev–Trinajstić information content (AvgIpc) is 2.33. The van der Waals surface area contributed by atoms with Gasteiger partial charge >= 0.3 is 0 Å². The highest BCUT2D eigenvalue weighted by Crippen LogP contribution is 2.35. The first kappa shape index (κ1) is 18.3. The maximum absolute atomic E-state index is 9.99. The minimum absolute atomic E-state index is 0.180. The average molecular weight is 358 g/mol. The van der Waals surface area contributed by atoms with E-state index in [-0.39, 0.29) is 5.75 Å². The first-order valence-corrected chi connectivity index (χ1v) is 8.49. The number of hydrogen-bond acceptors (Lipinski definition) is 3. The van der Waals surface area contributed by atoms with Crippen LogP contribution in [-0.2, 0) is 6.54 Å². The Hall–Kier alpha value is -0.740. The van der Waals surface area contributed by atoms with Crippen molar-refractivity contribution < 1.29 is 9.84 Å². The molecule has 0 radical (unpaired) electrons. The second-order valence-corrected chi connectivity index (χ2v) is 7.19. The summed E-state index contributed by atoms with van der Waals surface area (Å²) < 4.78 is 6.20. The number of rotatable bonds is 8. The van der Waals surface area contributed by atoms with Gasteiger partial charge in [0.05, 0.1) is 11.1 Å². The van der Waals surface area contributed by atoms with Crippen LogP contribution in [0.3, 0.4) is 0 Å². The topological polar surface area (TPSA) is 32.7 Å². The monoisotopic (exact) mass is 357 g/mol. The summed E-state index contributed by atoms with van der Waals surface area (Å²) in [6, 6.07) is 3.92. The third kappa shape index (κ3) is 6.27. The van der Waals surface area contributed by atoms with Crippen molar-refractivity contribution in [3.05, 3.63) is 22.2 Å². The molecule has 1 rings (SSSR count). The number of hydrogen-bond donors (Lipinski definition) is 1. The van der Waals surface area contributed by atoms with E-state index >= 15 is 0 Å². The van der Waals surface area contributed by atoms with Crippen LogP contribution >= 0.6 is 15.9 Å². The minimum atomic E-state index is 0.180. The van der Waals surface area contributed by atoms with E-state index in [9.17, 15) is 5.11 Å². The van der Waals surface area contributed by atoms with E-state index in [1.165, 1.54) is 0 Å². The Balaban J connectivity index is 2.91. The molecule has 0 saturated heterocycles. The second kappa shape index (κ2) is 8.64. The Bertz CT molecular complexity index is 437. The van der Waals surface area contributed by atoms with Crippen molar-refractivity contribution in [1.82, 2.24) is 4.90 Å². The van der Waals surface area contributed by atoms with Crippen molar-refractivity contribution in [2.24, 2.45) is 11.8 Å². The molecule has 0 saturated carbocycles. The number of aromatic hydroxyl groups is 1. The lowest BCUT2D eigenvalue weighted by Gasteiger charge is -2.26. The predicted molar refractivity (Wildman–Crippen MR) is 91.9 cm³/mol. The molecule has 0 aliphatic heterocycles. The van der Waals surface area contributed by atoms with Crippen molar-refractivity contribution in [2.45, 2.75) is 41.2 Å². The molecule has 0 spiro atoms. The van der Waals surface area contributed by atoms with E-state index < -0.39 is 0 Å². The van der Waals surface area contributed by atoms with Crippen LogP contribution in [0.25, 0.3) is 0 Å². The number of phenolic OH excluding ortho intramolecular Hbond substituents is 1. The predicted octanol–water partition coefficient (Wildman–Crippen LogP) is 4.67. The van der Waals surface area contributed by atoms with Crippen molar-refractivity contribution in [1.29, 1.82) is 0 Å². The summed E-state index contributed by atoms with van der Waals surface area (Å²) in [6.07, 6.45) is 0. The van der Waals surface area contributed by atoms with Gasteiger partial charge in [0, 0.05) is 19.6 Å². The SMILES string of the molecule is CCOc1cc(CN(CC(C)C)CC(C)C)cc(Br)c1O. The zero-order valence-corrected chi connectivity index (χ0v) is 15.4. The first-order valence-electron chi connectivity index (χ1n) is 7.70. The van der Waals surface area contributed by atoms with Crippen LogP contribution in [0.5, 0.6) is 11.5 Å². The fraction of sp³-hybridized carbons (Fsp3) is 0.647. The van der Waals surface area contributed by atoms with Crippen LogP contribution in [0.1, 0.15) is 40.2 Å². The van der Waals surface area contributed by atoms with Crippen LogP contribution in [0.4, 0.5) is 0 Å². The van der Waals surface area contributed by atoms with E-state index in [0.717, 1.165) is 25.2 Å². The molecule has 120 valence electrons. The molecule has 4 heteroatoms. The molecule has 1 aromatic carbocycles. The molecule has 0 fully saturated rings. The lowest BCUT2D eigenvalue weighted by molar-refractivity contribution is 0.211. The molecule has 1 aromatic rings. The fourth-order valence-corrected chi connectivity index (χ4v) is 2.97. The van der Waals surface area contributed by atoms with E-state index in [4.69, 9.17) is 4.74 Å². The summed E-state index contributed by atoms with van der Waals surface area (Å²) in [5.41, 5.74) is 1.16. The molecule has 0 unspecified atom stereocenters. The Labute approximate surface area is 137 Å². The summed E-state index contributed by atoms with van der Waals surface area (Å²) in [6.45, 7) is 14.4. The maximum Gasteiger partial charge on any atom is 0.172 e. The van der Waals surface area contributed by atoms with Gasteiger partial charge in [-0.2, -0.15) is 0 Å². The van der Waals surface area contributed by atoms with E-state index in [2.05, 4.69) is 48.5 Å². The minimum Gasteiger partial charge on any atom is -0.503 e. The summed E-state index contributed by atoms with van der Waals surface area (Å²) in [5.74, 6) is 2.00. The number of benzene rings is 1. The Morgan fingerprint density at radius 2 is 1.71 bits per heavy atom. The summed E-state index contributed by atoms with van der Waals surface area (Å²) in [7, 11) is 0. The standard InChI is InChI=1S/C17H28BrNO2/c1-6-21-16-8-14(7-15(18)17(16)20)11-19(9-12(2)3)10-13(4)5/h7-8,12-13,20H,6,9-11H2,1-5H3. The quantitative estimate of drug-likeness (QED) is 0.733. The van der Waals surface area contributed by atoms with Gasteiger partial charge in [-0.25, -0.2) is 0 Å². The van der Waals surface area contributed by atoms with Crippen LogP contribution < -0.4 is 4.74 Å². The summed E-state index contributed by atoms with van der Waals surface area (Å²) >= 11 is 3.41. The Morgan fingerprint density at radius 1 is 1.14 bits per heavy atom. The highest BCUT2D eigenvalue weighted by Gasteiger charge is 2.14. The normalized spacial score (nSPS) is 11.7. The lowest BCUT2D eigenvalue weighted by atomic mass is 10.1. The molecule has 1 N–H and O–H groups in total. The Morgan fingerprint density at radius 3 is 2.19 bits per heavy atom. The van der Waals surface area contributed by atoms with Crippen molar-refractivity contribution >= 4 is 15.9 Å². The van der Waals surface area contributed by atoms with Crippen molar-refractivity contribution in [2.75, 3.05) is 19.7 Å². The molecular formula is C17H28BrNO2. The fourth-order valence-electron chi connectivity index (χ4n) is 2.48. The molecular weight excluding hydrogens is 330 g/mol. The van der Waals surface area contributed by atoms with Crippen LogP contribution in [-0.4, -0.2) is 29.7 Å². The van der Waals surface area contributed by atoms with Crippen LogP contribution in [0.2, 0.25) is 0 Å². The Kier molecular flexibility index (Phi) is 7.53. The van der Waals surface area contributed by atoms with Crippen LogP contribution in [0.15, 0.2) is 16.6 Å². The van der Waals surface area contributed by atoms with Gasteiger partial charge in [0.1, 0.15) is 0 Å². The van der Waals surface area contributed by atoms with Gasteiger partial charge < -0.3 is 9.84 Å². The molecule has 0 bridgehead atoms. The van der Waals surface area contributed by atoms with Gasteiger partial charge in [0.15, 0.2) is 11.5 Å². The molecule has 0 atom stereocenters. The summed E-state index contributed by atoms with van der Waals surface area (Å²) in [5, 5.41) is 9.99. The molecule has 0 aliphatic rings. The molecule has 0 amide bonds. The zero-order valence-electron chi connectivity index (χ0n) is 13.8. The first-order chi connectivity index (χ1) is 9.83. The number of ether oxygens (including phenoxy) is 1. The molecule has 0 aromatic heterocycles. The lowest BCUT2D eigenvalue weighted by Crippen LogP contribution is -2.30. The third-order valence-corrected chi connectivity index (χ3v) is 3.65. The summed E-state index contributed by atoms with van der Waals surface area (Å²) in [4.78, 5) is 2.46. The van der Waals surface area contributed by atoms with Gasteiger partial charge in [-0.15, -0.1) is 0 Å². The van der Waals surface area contributed by atoms with Crippen LogP contribution in [0, 0.1) is 11.8 Å². The van der Waals surface area contributed by atoms with E-state index in [0.29, 0.717) is 28.7 Å². The number of phenols is 1. The molecule has 0 aliphatic carbocycles. The molecule has 0 heterocycles. The number of nitrogens with zero attached hydrogens (tertiary/aromatic N) is 1. The molecule has 3 nitrogen and oxygen atoms in total. The van der Waals surface area contributed by atoms with Gasteiger partial charge in [0.2, 0.25) is 0 Å². The van der Waals surface area contributed by atoms with Crippen molar-refractivity contribution in [3.8, 4) is 11.5 Å². The molecule has 21 heavy (non-hydrogen) atoms. The zero-order chi connectivity index (χ0) is 16.0. The highest BCUT2D eigenvalue weighted by molar-refractivity contribution is 9.10.